The van der Waals surface area contributed by atoms with E-state index < -0.39 is 30.4 Å². The molecule has 0 radical (unpaired) electrons. The molecule has 0 rings (SSSR count). The van der Waals surface area contributed by atoms with Gasteiger partial charge in [-0.05, 0) is 13.3 Å². The van der Waals surface area contributed by atoms with E-state index in [0.717, 1.165) is 0 Å². The molecule has 12 heavy (non-hydrogen) atoms. The highest BCUT2D eigenvalue weighted by Gasteiger charge is 2.17. The molecule has 0 spiro atoms. The van der Waals surface area contributed by atoms with E-state index in [1.54, 1.807) is 0 Å². The Morgan fingerprint density at radius 1 is 1.33 bits per heavy atom. The number of carbonyl (C=O) groups is 2. The SMILES string of the molecule is C[C@H](O)C[C@@H](O)CC(=O)C(=O)O. The summed E-state index contributed by atoms with van der Waals surface area (Å²) >= 11 is 0. The predicted octanol–water partition coefficient (Wildman–Crippen LogP) is -0.838. The van der Waals surface area contributed by atoms with Crippen LogP contribution < -0.4 is 0 Å². The number of carbonyl (C=O) groups excluding carboxylic acids is 1. The van der Waals surface area contributed by atoms with Gasteiger partial charge in [0, 0.05) is 6.42 Å². The van der Waals surface area contributed by atoms with E-state index in [4.69, 9.17) is 15.3 Å². The van der Waals surface area contributed by atoms with Crippen molar-refractivity contribution in [1.29, 1.82) is 0 Å². The Hall–Kier alpha value is -0.940. The van der Waals surface area contributed by atoms with Crippen molar-refractivity contribution in [3.05, 3.63) is 0 Å². The third-order valence-corrected chi connectivity index (χ3v) is 1.27. The third-order valence-electron chi connectivity index (χ3n) is 1.27. The lowest BCUT2D eigenvalue weighted by Gasteiger charge is -2.09. The molecule has 3 N–H and O–H groups in total. The quantitative estimate of drug-likeness (QED) is 0.475. The molecule has 0 aliphatic heterocycles. The minimum absolute atomic E-state index is 0.0129. The molecule has 70 valence electrons. The van der Waals surface area contributed by atoms with Crippen LogP contribution >= 0.6 is 0 Å². The standard InChI is InChI=1S/C7H12O5/c1-4(8)2-5(9)3-6(10)7(11)12/h4-5,8-9H,2-3H2,1H3,(H,11,12)/t4-,5+/m0/s1. The summed E-state index contributed by atoms with van der Waals surface area (Å²) in [4.78, 5) is 20.5. The average Bonchev–Trinajstić information content (AvgIpc) is 1.84. The molecule has 0 bridgehead atoms. The molecular formula is C7H12O5. The van der Waals surface area contributed by atoms with Gasteiger partial charge in [-0.2, -0.15) is 0 Å². The molecule has 5 nitrogen and oxygen atoms in total. The van der Waals surface area contributed by atoms with Crippen molar-refractivity contribution in [2.75, 3.05) is 0 Å². The van der Waals surface area contributed by atoms with Crippen LogP contribution in [0.1, 0.15) is 19.8 Å². The highest BCUT2D eigenvalue weighted by molar-refractivity contribution is 6.32. The smallest absolute Gasteiger partial charge is 0.372 e. The number of Topliss-reactive ketones (excluding diaryl/α,β-unsaturated/α-hetero) is 1. The molecule has 0 aromatic carbocycles. The van der Waals surface area contributed by atoms with Crippen LogP contribution in [0.25, 0.3) is 0 Å². The summed E-state index contributed by atoms with van der Waals surface area (Å²) in [5, 5.41) is 25.9. The lowest BCUT2D eigenvalue weighted by molar-refractivity contribution is -0.150. The number of aliphatic carboxylic acids is 1. The lowest BCUT2D eigenvalue weighted by Crippen LogP contribution is -2.23. The van der Waals surface area contributed by atoms with Crippen molar-refractivity contribution in [2.24, 2.45) is 0 Å². The first kappa shape index (κ1) is 11.1. The van der Waals surface area contributed by atoms with Crippen LogP contribution in [0.4, 0.5) is 0 Å². The first-order valence-electron chi connectivity index (χ1n) is 3.55. The van der Waals surface area contributed by atoms with E-state index in [2.05, 4.69) is 0 Å². The fraction of sp³-hybridized carbons (Fsp3) is 0.714. The Morgan fingerprint density at radius 3 is 2.17 bits per heavy atom. The number of hydrogen-bond donors (Lipinski definition) is 3. The second-order valence-corrected chi connectivity index (χ2v) is 2.67. The Bertz CT molecular complexity index is 175. The first-order chi connectivity index (χ1) is 5.43. The monoisotopic (exact) mass is 176 g/mol. The number of carboxylic acids is 1. The molecule has 0 saturated heterocycles. The topological polar surface area (TPSA) is 94.8 Å². The van der Waals surface area contributed by atoms with Gasteiger partial charge in [-0.25, -0.2) is 4.79 Å². The predicted molar refractivity (Wildman–Crippen MR) is 39.6 cm³/mol. The number of rotatable bonds is 5. The lowest BCUT2D eigenvalue weighted by atomic mass is 10.1. The second-order valence-electron chi connectivity index (χ2n) is 2.67. The Kier molecular flexibility index (Phi) is 4.46. The fourth-order valence-electron chi connectivity index (χ4n) is 0.778. The summed E-state index contributed by atoms with van der Waals surface area (Å²) < 4.78 is 0. The summed E-state index contributed by atoms with van der Waals surface area (Å²) in [6.45, 7) is 1.45. The van der Waals surface area contributed by atoms with Gasteiger partial charge in [-0.15, -0.1) is 0 Å². The molecule has 0 aliphatic rings. The molecule has 0 saturated carbocycles. The molecular weight excluding hydrogens is 164 g/mol. The number of aliphatic hydroxyl groups is 2. The van der Waals surface area contributed by atoms with Crippen LogP contribution in [0, 0.1) is 0 Å². The van der Waals surface area contributed by atoms with Crippen LogP contribution in [0.2, 0.25) is 0 Å². The van der Waals surface area contributed by atoms with Crippen molar-refractivity contribution in [3.63, 3.8) is 0 Å². The maximum absolute atomic E-state index is 10.5. The molecule has 2 atom stereocenters. The Morgan fingerprint density at radius 2 is 1.83 bits per heavy atom. The highest BCUT2D eigenvalue weighted by atomic mass is 16.4. The van der Waals surface area contributed by atoms with E-state index in [1.165, 1.54) is 6.92 Å². The number of carboxylic acid groups (broad SMARTS) is 1. The van der Waals surface area contributed by atoms with E-state index in [9.17, 15) is 9.59 Å². The van der Waals surface area contributed by atoms with Crippen molar-refractivity contribution in [2.45, 2.75) is 32.0 Å². The Labute approximate surface area is 69.6 Å². The molecule has 0 aromatic rings. The van der Waals surface area contributed by atoms with Gasteiger partial charge in [-0.1, -0.05) is 0 Å². The van der Waals surface area contributed by atoms with E-state index in [1.807, 2.05) is 0 Å². The van der Waals surface area contributed by atoms with Crippen LogP contribution in [0.3, 0.4) is 0 Å². The minimum Gasteiger partial charge on any atom is -0.475 e. The molecule has 0 heterocycles. The molecule has 0 aromatic heterocycles. The molecule has 0 fully saturated rings. The summed E-state index contributed by atoms with van der Waals surface area (Å²) in [5.41, 5.74) is 0. The van der Waals surface area contributed by atoms with Gasteiger partial charge < -0.3 is 15.3 Å². The van der Waals surface area contributed by atoms with Crippen molar-refractivity contribution in [1.82, 2.24) is 0 Å². The van der Waals surface area contributed by atoms with Gasteiger partial charge in [0.1, 0.15) is 0 Å². The molecule has 0 unspecified atom stereocenters. The molecule has 0 amide bonds. The largest absolute Gasteiger partial charge is 0.475 e. The maximum atomic E-state index is 10.5. The number of aliphatic hydroxyl groups excluding tert-OH is 2. The Balaban J connectivity index is 3.76. The minimum atomic E-state index is -1.56. The number of ketones is 1. The van der Waals surface area contributed by atoms with Crippen LogP contribution in [0.5, 0.6) is 0 Å². The third kappa shape index (κ3) is 4.81. The van der Waals surface area contributed by atoms with Crippen LogP contribution in [-0.4, -0.2) is 39.3 Å². The average molecular weight is 176 g/mol. The molecule has 0 aliphatic carbocycles. The zero-order valence-corrected chi connectivity index (χ0v) is 6.73. The van der Waals surface area contributed by atoms with E-state index >= 15 is 0 Å². The van der Waals surface area contributed by atoms with Crippen molar-refractivity contribution >= 4 is 11.8 Å². The molecule has 5 heteroatoms. The first-order valence-corrected chi connectivity index (χ1v) is 3.55. The summed E-state index contributed by atoms with van der Waals surface area (Å²) in [7, 11) is 0. The summed E-state index contributed by atoms with van der Waals surface area (Å²) in [6.07, 6.45) is -2.24. The van der Waals surface area contributed by atoms with E-state index in [-0.39, 0.29) is 6.42 Å². The zero-order valence-electron chi connectivity index (χ0n) is 6.73. The summed E-state index contributed by atoms with van der Waals surface area (Å²) in [5.74, 6) is -2.59. The van der Waals surface area contributed by atoms with Gasteiger partial charge in [0.15, 0.2) is 0 Å². The number of hydrogen-bond acceptors (Lipinski definition) is 4. The van der Waals surface area contributed by atoms with Gasteiger partial charge in [-0.3, -0.25) is 4.79 Å². The van der Waals surface area contributed by atoms with Gasteiger partial charge in [0.2, 0.25) is 5.78 Å². The second kappa shape index (κ2) is 4.84. The van der Waals surface area contributed by atoms with E-state index in [0.29, 0.717) is 0 Å². The summed E-state index contributed by atoms with van der Waals surface area (Å²) in [6, 6.07) is 0. The normalized spacial score (nSPS) is 15.2. The van der Waals surface area contributed by atoms with Gasteiger partial charge in [0.05, 0.1) is 12.2 Å². The van der Waals surface area contributed by atoms with Crippen LogP contribution in [-0.2, 0) is 9.59 Å². The van der Waals surface area contributed by atoms with Crippen LogP contribution in [0.15, 0.2) is 0 Å². The van der Waals surface area contributed by atoms with Crippen molar-refractivity contribution in [3.8, 4) is 0 Å². The zero-order chi connectivity index (χ0) is 9.72. The van der Waals surface area contributed by atoms with Crippen molar-refractivity contribution < 1.29 is 24.9 Å². The van der Waals surface area contributed by atoms with Gasteiger partial charge in [0.25, 0.3) is 0 Å². The van der Waals surface area contributed by atoms with Gasteiger partial charge >= 0.3 is 5.97 Å². The highest BCUT2D eigenvalue weighted by Crippen LogP contribution is 2.02. The fourth-order valence-corrected chi connectivity index (χ4v) is 0.778. The maximum Gasteiger partial charge on any atom is 0.372 e.